The molecule has 2 rings (SSSR count). The Morgan fingerprint density at radius 3 is 2.46 bits per heavy atom. The van der Waals surface area contributed by atoms with Crippen molar-refractivity contribution in [1.82, 2.24) is 20.0 Å². The number of aliphatic imine (C=N–C) groups is 1. The highest BCUT2D eigenvalue weighted by molar-refractivity contribution is 5.88. The summed E-state index contributed by atoms with van der Waals surface area (Å²) in [7, 11) is 3.99. The molecule has 1 N–H and O–H groups in total. The highest BCUT2D eigenvalue weighted by Gasteiger charge is 2.40. The second kappa shape index (κ2) is 7.72. The van der Waals surface area contributed by atoms with Crippen LogP contribution < -0.4 is 5.32 Å². The minimum atomic E-state index is -0.186. The van der Waals surface area contributed by atoms with E-state index >= 15 is 0 Å². The molecule has 2 fully saturated rings. The molecule has 2 aliphatic heterocycles. The molecule has 0 radical (unpaired) electrons. The summed E-state index contributed by atoms with van der Waals surface area (Å²) < 4.78 is 0. The number of rotatable bonds is 3. The summed E-state index contributed by atoms with van der Waals surface area (Å²) in [4.78, 5) is 23.6. The van der Waals surface area contributed by atoms with Gasteiger partial charge in [-0.25, -0.2) is 0 Å². The van der Waals surface area contributed by atoms with Gasteiger partial charge in [0.15, 0.2) is 5.96 Å². The van der Waals surface area contributed by atoms with Gasteiger partial charge >= 0.3 is 0 Å². The van der Waals surface area contributed by atoms with Crippen LogP contribution >= 0.6 is 0 Å². The number of carbonyl (C=O) groups excluding carboxylic acids is 1. The Morgan fingerprint density at radius 1 is 1.33 bits per heavy atom. The normalized spacial score (nSPS) is 24.0. The Labute approximate surface area is 147 Å². The summed E-state index contributed by atoms with van der Waals surface area (Å²) in [6, 6.07) is 0.226. The van der Waals surface area contributed by atoms with Crippen molar-refractivity contribution in [3.8, 4) is 0 Å². The number of hydrogen-bond acceptors (Lipinski definition) is 3. The first kappa shape index (κ1) is 19.0. The van der Waals surface area contributed by atoms with Gasteiger partial charge in [0.05, 0.1) is 12.1 Å². The molecule has 2 saturated heterocycles. The Kier molecular flexibility index (Phi) is 6.12. The Morgan fingerprint density at radius 2 is 1.96 bits per heavy atom. The van der Waals surface area contributed by atoms with Crippen molar-refractivity contribution in [3.63, 3.8) is 0 Å². The van der Waals surface area contributed by atoms with Crippen LogP contribution in [0.15, 0.2) is 4.99 Å². The Bertz CT molecular complexity index is 466. The third kappa shape index (κ3) is 4.41. The molecule has 0 aromatic heterocycles. The SMILES string of the molecule is CN=C(NCC1CCN(C)CC1)N1CC(=O)N(C(C)C)C(C)(C)C1. The number of carbonyl (C=O) groups is 1. The zero-order valence-electron chi connectivity index (χ0n) is 16.3. The summed E-state index contributed by atoms with van der Waals surface area (Å²) in [5, 5.41) is 3.51. The Hall–Kier alpha value is -1.30. The second-order valence-electron chi connectivity index (χ2n) is 8.20. The van der Waals surface area contributed by atoms with E-state index in [1.165, 1.54) is 25.9 Å². The van der Waals surface area contributed by atoms with Crippen LogP contribution in [0.3, 0.4) is 0 Å². The maximum absolute atomic E-state index is 12.6. The fraction of sp³-hybridized carbons (Fsp3) is 0.889. The van der Waals surface area contributed by atoms with E-state index in [0.29, 0.717) is 12.5 Å². The standard InChI is InChI=1S/C18H35N5O/c1-14(2)23-16(24)12-22(13-18(23,3)4)17(19-5)20-11-15-7-9-21(6)10-8-15/h14-15H,7-13H2,1-6H3,(H,19,20). The molecule has 138 valence electrons. The van der Waals surface area contributed by atoms with Crippen LogP contribution in [0.25, 0.3) is 0 Å². The maximum atomic E-state index is 12.6. The average Bonchev–Trinajstić information content (AvgIpc) is 2.47. The van der Waals surface area contributed by atoms with Crippen LogP contribution in [-0.2, 0) is 4.79 Å². The van der Waals surface area contributed by atoms with Gasteiger partial charge in [0.2, 0.25) is 5.91 Å². The molecule has 0 saturated carbocycles. The van der Waals surface area contributed by atoms with Crippen molar-refractivity contribution < 1.29 is 4.79 Å². The van der Waals surface area contributed by atoms with Crippen LogP contribution in [0.5, 0.6) is 0 Å². The largest absolute Gasteiger partial charge is 0.356 e. The van der Waals surface area contributed by atoms with E-state index in [1.54, 1.807) is 0 Å². The molecule has 0 aromatic rings. The van der Waals surface area contributed by atoms with Crippen molar-refractivity contribution in [1.29, 1.82) is 0 Å². The lowest BCUT2D eigenvalue weighted by atomic mass is 9.96. The lowest BCUT2D eigenvalue weighted by molar-refractivity contribution is -0.145. The molecular formula is C18H35N5O. The van der Waals surface area contributed by atoms with Gasteiger partial charge in [-0.2, -0.15) is 0 Å². The minimum Gasteiger partial charge on any atom is -0.356 e. The number of guanidine groups is 1. The van der Waals surface area contributed by atoms with E-state index in [-0.39, 0.29) is 17.5 Å². The van der Waals surface area contributed by atoms with Crippen LogP contribution in [-0.4, -0.2) is 85.0 Å². The molecule has 0 aliphatic carbocycles. The summed E-state index contributed by atoms with van der Waals surface area (Å²) >= 11 is 0. The van der Waals surface area contributed by atoms with E-state index in [4.69, 9.17) is 0 Å². The van der Waals surface area contributed by atoms with E-state index in [0.717, 1.165) is 19.0 Å². The molecule has 0 spiro atoms. The van der Waals surface area contributed by atoms with Crippen molar-refractivity contribution in [2.24, 2.45) is 10.9 Å². The zero-order valence-corrected chi connectivity index (χ0v) is 16.3. The lowest BCUT2D eigenvalue weighted by Gasteiger charge is -2.49. The lowest BCUT2D eigenvalue weighted by Crippen LogP contribution is -2.66. The molecular weight excluding hydrogens is 302 g/mol. The van der Waals surface area contributed by atoms with Crippen molar-refractivity contribution in [3.05, 3.63) is 0 Å². The molecule has 0 aromatic carbocycles. The van der Waals surface area contributed by atoms with Gasteiger partial charge in [-0.05, 0) is 66.6 Å². The van der Waals surface area contributed by atoms with Gasteiger partial charge in [0, 0.05) is 26.2 Å². The van der Waals surface area contributed by atoms with Crippen LogP contribution in [0.2, 0.25) is 0 Å². The monoisotopic (exact) mass is 337 g/mol. The van der Waals surface area contributed by atoms with Crippen molar-refractivity contribution >= 4 is 11.9 Å². The second-order valence-corrected chi connectivity index (χ2v) is 8.20. The molecule has 2 aliphatic rings. The smallest absolute Gasteiger partial charge is 0.242 e. The topological polar surface area (TPSA) is 51.2 Å². The number of piperazine rings is 1. The van der Waals surface area contributed by atoms with Gasteiger partial charge in [0.1, 0.15) is 0 Å². The Balaban J connectivity index is 1.95. The first-order valence-corrected chi connectivity index (χ1v) is 9.21. The first-order valence-electron chi connectivity index (χ1n) is 9.21. The first-order chi connectivity index (χ1) is 11.2. The van der Waals surface area contributed by atoms with Crippen molar-refractivity contribution in [2.45, 2.75) is 52.1 Å². The third-order valence-electron chi connectivity index (χ3n) is 5.24. The fourth-order valence-electron chi connectivity index (χ4n) is 4.15. The summed E-state index contributed by atoms with van der Waals surface area (Å²) in [6.07, 6.45) is 2.46. The number of likely N-dealkylation sites (tertiary alicyclic amines) is 1. The molecule has 0 atom stereocenters. The highest BCUT2D eigenvalue weighted by Crippen LogP contribution is 2.24. The quantitative estimate of drug-likeness (QED) is 0.622. The van der Waals surface area contributed by atoms with Crippen LogP contribution in [0, 0.1) is 5.92 Å². The zero-order chi connectivity index (χ0) is 17.9. The number of piperidine rings is 1. The maximum Gasteiger partial charge on any atom is 0.242 e. The predicted molar refractivity (Wildman–Crippen MR) is 99.2 cm³/mol. The molecule has 1 amide bonds. The van der Waals surface area contributed by atoms with E-state index < -0.39 is 0 Å². The molecule has 6 nitrogen and oxygen atoms in total. The number of amides is 1. The van der Waals surface area contributed by atoms with Gasteiger partial charge in [0.25, 0.3) is 0 Å². The molecule has 24 heavy (non-hydrogen) atoms. The van der Waals surface area contributed by atoms with E-state index in [9.17, 15) is 4.79 Å². The van der Waals surface area contributed by atoms with E-state index in [2.05, 4.69) is 54.9 Å². The summed E-state index contributed by atoms with van der Waals surface area (Å²) in [5.74, 6) is 1.74. The molecule has 6 heteroatoms. The summed E-state index contributed by atoms with van der Waals surface area (Å²) in [6.45, 7) is 13.0. The fourth-order valence-corrected chi connectivity index (χ4v) is 4.15. The minimum absolute atomic E-state index is 0.184. The highest BCUT2D eigenvalue weighted by atomic mass is 16.2. The molecule has 0 bridgehead atoms. The van der Waals surface area contributed by atoms with Crippen LogP contribution in [0.4, 0.5) is 0 Å². The predicted octanol–water partition coefficient (Wildman–Crippen LogP) is 1.23. The third-order valence-corrected chi connectivity index (χ3v) is 5.24. The van der Waals surface area contributed by atoms with Gasteiger partial charge < -0.3 is 20.0 Å². The van der Waals surface area contributed by atoms with Gasteiger partial charge in [-0.1, -0.05) is 0 Å². The molecule has 0 unspecified atom stereocenters. The molecule has 2 heterocycles. The summed E-state index contributed by atoms with van der Waals surface area (Å²) in [5.41, 5.74) is -0.186. The van der Waals surface area contributed by atoms with E-state index in [1.807, 2.05) is 11.9 Å². The van der Waals surface area contributed by atoms with Crippen molar-refractivity contribution in [2.75, 3.05) is 46.8 Å². The number of nitrogens with one attached hydrogen (secondary N) is 1. The van der Waals surface area contributed by atoms with Gasteiger partial charge in [-0.15, -0.1) is 0 Å². The average molecular weight is 338 g/mol. The van der Waals surface area contributed by atoms with Crippen LogP contribution in [0.1, 0.15) is 40.5 Å². The number of hydrogen-bond donors (Lipinski definition) is 1. The van der Waals surface area contributed by atoms with Gasteiger partial charge in [-0.3, -0.25) is 9.79 Å². The number of nitrogens with zero attached hydrogens (tertiary/aromatic N) is 4.